The van der Waals surface area contributed by atoms with E-state index in [9.17, 15) is 0 Å². The second kappa shape index (κ2) is 5.06. The van der Waals surface area contributed by atoms with Gasteiger partial charge in [-0.25, -0.2) is 0 Å². The first-order chi connectivity index (χ1) is 9.64. The van der Waals surface area contributed by atoms with Gasteiger partial charge in [0, 0.05) is 11.4 Å². The van der Waals surface area contributed by atoms with Gasteiger partial charge in [0.05, 0.1) is 0 Å². The molecule has 112 valence electrons. The van der Waals surface area contributed by atoms with Crippen LogP contribution in [0.1, 0.15) is 33.4 Å². The minimum atomic E-state index is -1.08. The lowest BCUT2D eigenvalue weighted by molar-refractivity contribution is 0.566. The van der Waals surface area contributed by atoms with E-state index < -0.39 is 5.66 Å². The molecule has 0 saturated carbocycles. The van der Waals surface area contributed by atoms with Crippen LogP contribution in [-0.4, -0.2) is 0 Å². The van der Waals surface area contributed by atoms with Crippen molar-refractivity contribution in [2.45, 2.75) is 33.4 Å². The minimum absolute atomic E-state index is 0.777. The third-order valence-electron chi connectivity index (χ3n) is 4.14. The number of hydrogen-bond acceptors (Lipinski definition) is 4. The third kappa shape index (κ3) is 2.60. The van der Waals surface area contributed by atoms with Crippen LogP contribution >= 0.6 is 0 Å². The highest BCUT2D eigenvalue weighted by atomic mass is 15.0. The Bertz CT molecular complexity index is 596. The molecule has 8 N–H and O–H groups in total. The van der Waals surface area contributed by atoms with E-state index in [2.05, 4.69) is 0 Å². The van der Waals surface area contributed by atoms with Crippen LogP contribution in [0.2, 0.25) is 0 Å². The zero-order valence-corrected chi connectivity index (χ0v) is 13.1. The molecule has 0 bridgehead atoms. The Morgan fingerprint density at radius 2 is 0.857 bits per heavy atom. The predicted octanol–water partition coefficient (Wildman–Crippen LogP) is 2.20. The number of aryl methyl sites for hydroxylation is 4. The zero-order valence-electron chi connectivity index (χ0n) is 13.1. The van der Waals surface area contributed by atoms with Crippen LogP contribution in [0, 0.1) is 27.7 Å². The number of nitrogens with two attached hydrogens (primary N) is 4. The average Bonchev–Trinajstić information content (AvgIpc) is 2.40. The van der Waals surface area contributed by atoms with Crippen molar-refractivity contribution in [2.75, 3.05) is 11.5 Å². The molecule has 0 fully saturated rings. The van der Waals surface area contributed by atoms with Gasteiger partial charge < -0.3 is 22.9 Å². The molecule has 0 aliphatic rings. The van der Waals surface area contributed by atoms with Crippen molar-refractivity contribution in [3.8, 4) is 0 Å². The molecule has 2 rings (SSSR count). The van der Waals surface area contributed by atoms with E-state index in [-0.39, 0.29) is 0 Å². The van der Waals surface area contributed by atoms with Crippen LogP contribution in [0.25, 0.3) is 0 Å². The van der Waals surface area contributed by atoms with Crippen LogP contribution in [0.3, 0.4) is 0 Å². The standard InChI is InChI=1S/C17H24N4/c1-9-5-13(6-10(2)15(9)18)17(20,21)14-7-11(3)16(19)12(4)8-14/h5-8H,18-21H2,1-4H3. The summed E-state index contributed by atoms with van der Waals surface area (Å²) >= 11 is 0. The topological polar surface area (TPSA) is 104 Å². The fourth-order valence-electron chi connectivity index (χ4n) is 2.59. The Balaban J connectivity index is 2.61. The summed E-state index contributed by atoms with van der Waals surface area (Å²) in [5, 5.41) is 0. The summed E-state index contributed by atoms with van der Waals surface area (Å²) in [7, 11) is 0. The molecule has 0 radical (unpaired) electrons. The first-order valence-corrected chi connectivity index (χ1v) is 6.96. The predicted molar refractivity (Wildman–Crippen MR) is 89.8 cm³/mol. The molecule has 21 heavy (non-hydrogen) atoms. The van der Waals surface area contributed by atoms with Gasteiger partial charge in [-0.2, -0.15) is 0 Å². The van der Waals surface area contributed by atoms with Gasteiger partial charge in [0.2, 0.25) is 0 Å². The first kappa shape index (κ1) is 15.4. The lowest BCUT2D eigenvalue weighted by Gasteiger charge is -2.28. The SMILES string of the molecule is Cc1cc(C(N)(N)c2cc(C)c(N)c(C)c2)cc(C)c1N. The average molecular weight is 284 g/mol. The second-order valence-electron chi connectivity index (χ2n) is 5.92. The summed E-state index contributed by atoms with van der Waals surface area (Å²) in [5.41, 5.74) is 31.0. The highest BCUT2D eigenvalue weighted by Crippen LogP contribution is 2.30. The van der Waals surface area contributed by atoms with Gasteiger partial charge >= 0.3 is 0 Å². The first-order valence-electron chi connectivity index (χ1n) is 6.96. The van der Waals surface area contributed by atoms with Gasteiger partial charge in [-0.05, 0) is 61.1 Å². The summed E-state index contributed by atoms with van der Waals surface area (Å²) in [4.78, 5) is 0. The van der Waals surface area contributed by atoms with Crippen molar-refractivity contribution < 1.29 is 0 Å². The normalized spacial score (nSPS) is 11.7. The molecule has 0 aromatic heterocycles. The molecule has 2 aromatic rings. The molecule has 0 spiro atoms. The van der Waals surface area contributed by atoms with Crippen LogP contribution in [0.4, 0.5) is 11.4 Å². The Morgan fingerprint density at radius 1 is 0.619 bits per heavy atom. The monoisotopic (exact) mass is 284 g/mol. The van der Waals surface area contributed by atoms with E-state index in [4.69, 9.17) is 22.9 Å². The lowest BCUT2D eigenvalue weighted by Crippen LogP contribution is -2.47. The minimum Gasteiger partial charge on any atom is -0.398 e. The Labute approximate surface area is 126 Å². The van der Waals surface area contributed by atoms with Gasteiger partial charge in [-0.15, -0.1) is 0 Å². The maximum Gasteiger partial charge on any atom is 0.116 e. The molecule has 0 heterocycles. The summed E-state index contributed by atoms with van der Waals surface area (Å²) in [6.45, 7) is 7.84. The van der Waals surface area contributed by atoms with Crippen LogP contribution in [0.5, 0.6) is 0 Å². The molecular formula is C17H24N4. The zero-order chi connectivity index (χ0) is 15.9. The number of anilines is 2. The van der Waals surface area contributed by atoms with Crippen LogP contribution in [0.15, 0.2) is 24.3 Å². The Morgan fingerprint density at radius 3 is 1.10 bits per heavy atom. The molecule has 4 heteroatoms. The van der Waals surface area contributed by atoms with E-state index in [1.165, 1.54) is 0 Å². The Hall–Kier alpha value is -2.04. The maximum absolute atomic E-state index is 6.43. The van der Waals surface area contributed by atoms with Crippen molar-refractivity contribution in [1.29, 1.82) is 0 Å². The summed E-state index contributed by atoms with van der Waals surface area (Å²) in [6.07, 6.45) is 0. The molecule has 4 nitrogen and oxygen atoms in total. The van der Waals surface area contributed by atoms with Gasteiger partial charge in [0.25, 0.3) is 0 Å². The molecule has 0 amide bonds. The molecule has 0 unspecified atom stereocenters. The fourth-order valence-corrected chi connectivity index (χ4v) is 2.59. The van der Waals surface area contributed by atoms with E-state index in [1.54, 1.807) is 0 Å². The van der Waals surface area contributed by atoms with E-state index in [0.717, 1.165) is 44.8 Å². The molecule has 0 aliphatic carbocycles. The van der Waals surface area contributed by atoms with Crippen molar-refractivity contribution in [2.24, 2.45) is 11.5 Å². The van der Waals surface area contributed by atoms with Crippen molar-refractivity contribution in [1.82, 2.24) is 0 Å². The van der Waals surface area contributed by atoms with Gasteiger partial charge in [0.15, 0.2) is 0 Å². The van der Waals surface area contributed by atoms with Crippen molar-refractivity contribution >= 4 is 11.4 Å². The summed E-state index contributed by atoms with van der Waals surface area (Å²) < 4.78 is 0. The number of nitrogen functional groups attached to an aromatic ring is 2. The third-order valence-corrected chi connectivity index (χ3v) is 4.14. The second-order valence-corrected chi connectivity index (χ2v) is 5.92. The Kier molecular flexibility index (Phi) is 3.70. The van der Waals surface area contributed by atoms with Crippen LogP contribution in [-0.2, 0) is 5.66 Å². The molecular weight excluding hydrogens is 260 g/mol. The van der Waals surface area contributed by atoms with E-state index in [1.807, 2.05) is 52.0 Å². The van der Waals surface area contributed by atoms with Gasteiger partial charge in [-0.3, -0.25) is 0 Å². The maximum atomic E-state index is 6.43. The van der Waals surface area contributed by atoms with E-state index >= 15 is 0 Å². The smallest absolute Gasteiger partial charge is 0.116 e. The van der Waals surface area contributed by atoms with Crippen molar-refractivity contribution in [3.05, 3.63) is 57.6 Å². The number of benzene rings is 2. The summed E-state index contributed by atoms with van der Waals surface area (Å²) in [5.74, 6) is 0. The van der Waals surface area contributed by atoms with Crippen molar-refractivity contribution in [3.63, 3.8) is 0 Å². The highest BCUT2D eigenvalue weighted by molar-refractivity contribution is 5.59. The number of hydrogen-bond donors (Lipinski definition) is 4. The fraction of sp³-hybridized carbons (Fsp3) is 0.294. The molecule has 0 aliphatic heterocycles. The lowest BCUT2D eigenvalue weighted by atomic mass is 9.88. The van der Waals surface area contributed by atoms with Crippen LogP contribution < -0.4 is 22.9 Å². The quantitative estimate of drug-likeness (QED) is 0.501. The molecule has 0 atom stereocenters. The number of rotatable bonds is 2. The van der Waals surface area contributed by atoms with Gasteiger partial charge in [-0.1, -0.05) is 24.3 Å². The highest BCUT2D eigenvalue weighted by Gasteiger charge is 2.26. The van der Waals surface area contributed by atoms with Gasteiger partial charge in [0.1, 0.15) is 5.66 Å². The van der Waals surface area contributed by atoms with E-state index in [0.29, 0.717) is 0 Å². The summed E-state index contributed by atoms with van der Waals surface area (Å²) in [6, 6.07) is 7.79. The molecule has 2 aromatic carbocycles. The molecule has 0 saturated heterocycles. The largest absolute Gasteiger partial charge is 0.398 e.